The van der Waals surface area contributed by atoms with Crippen molar-refractivity contribution in [2.75, 3.05) is 52.7 Å². The molecule has 16 atom stereocenters. The van der Waals surface area contributed by atoms with Gasteiger partial charge >= 0.3 is 12.1 Å². The van der Waals surface area contributed by atoms with Crippen LogP contribution in [0.15, 0.2) is 90.6 Å². The number of cyclic esters (lactones) is 1. The van der Waals surface area contributed by atoms with Crippen molar-refractivity contribution in [3.8, 4) is 11.1 Å². The molecule has 133 heavy (non-hydrogen) atoms. The van der Waals surface area contributed by atoms with Crippen molar-refractivity contribution in [3.05, 3.63) is 107 Å². The van der Waals surface area contributed by atoms with Crippen molar-refractivity contribution in [2.24, 2.45) is 47.3 Å². The van der Waals surface area contributed by atoms with Crippen molar-refractivity contribution in [1.29, 1.82) is 0 Å². The Morgan fingerprint density at radius 1 is 0.541 bits per heavy atom. The second-order valence-electron chi connectivity index (χ2n) is 37.0. The summed E-state index contributed by atoms with van der Waals surface area (Å²) in [6.45, 7) is 32.0. The molecule has 15 amide bonds. The molecule has 3 aromatic carbocycles. The zero-order valence-electron chi connectivity index (χ0n) is 80.9. The summed E-state index contributed by atoms with van der Waals surface area (Å²) < 4.78 is 23.0. The van der Waals surface area contributed by atoms with E-state index in [9.17, 15) is 57.8 Å². The van der Waals surface area contributed by atoms with Gasteiger partial charge < -0.3 is 103 Å². The highest BCUT2D eigenvalue weighted by molar-refractivity contribution is 6.03. The number of hydrogen-bond acceptors (Lipinski definition) is 21. The highest BCUT2D eigenvalue weighted by Crippen LogP contribution is 2.44. The fourth-order valence-corrected chi connectivity index (χ4v) is 15.8. The molecule has 36 heteroatoms. The largest absolute Gasteiger partial charge is 0.458 e. The van der Waals surface area contributed by atoms with Gasteiger partial charge in [0.05, 0.1) is 32.5 Å². The third kappa shape index (κ3) is 33.6. The number of hydrogen-bond donors (Lipinski definition) is 15. The SMILES string of the molecule is C/C=C1\NC(=O)[C@H](Cc2ccccc2)NC(=O)[C@@H](C(C)C)NC(=O)[C@@H]([C@H](C)CC)NC(=O)[C@H](NC(=O)[C@H](NC(=O)[C@H](CCCNC(=O)CCOCCOCCNC(=O)OCC2c3ccccc3-c3ccccc32)NC(=O)[C@H]2CCCN2C(=O)[C@H](NC(=O)[C@@H](NC(=O)[C@@H](NC(=O)[C@H](NC(=O)CCCC(C)C)C(C)C)[C@@H](C)O)C(C)C)C(C)C)[C@H](C)CC)[C@H](C)OC(=O)[C@H](C(C)C)NC1=O. The van der Waals surface area contributed by atoms with Crippen molar-refractivity contribution in [1.82, 2.24) is 79.3 Å². The first kappa shape index (κ1) is 110. The number of aliphatic hydroxyl groups is 1. The molecule has 0 spiro atoms. The van der Waals surface area contributed by atoms with Gasteiger partial charge in [0.2, 0.25) is 76.8 Å². The van der Waals surface area contributed by atoms with Gasteiger partial charge in [0.25, 0.3) is 5.91 Å². The fraction of sp³-hybridized carbons (Fsp3) is 0.629. The van der Waals surface area contributed by atoms with Gasteiger partial charge in [-0.1, -0.05) is 215 Å². The normalized spacial score (nSPS) is 20.5. The molecule has 6 rings (SSSR count). The van der Waals surface area contributed by atoms with Gasteiger partial charge in [0.1, 0.15) is 90.9 Å². The summed E-state index contributed by atoms with van der Waals surface area (Å²) in [6.07, 6.45) is -0.446. The number of benzene rings is 3. The third-order valence-electron chi connectivity index (χ3n) is 24.3. The molecular weight excluding hydrogens is 1710 g/mol. The smallest absolute Gasteiger partial charge is 0.407 e. The number of rotatable bonds is 45. The summed E-state index contributed by atoms with van der Waals surface area (Å²) in [5.41, 5.74) is 4.71. The highest BCUT2D eigenvalue weighted by Gasteiger charge is 2.45. The minimum absolute atomic E-state index is 0.00530. The van der Waals surface area contributed by atoms with Crippen LogP contribution in [0.4, 0.5) is 4.79 Å². The van der Waals surface area contributed by atoms with Gasteiger partial charge in [-0.3, -0.25) is 67.1 Å². The molecule has 36 nitrogen and oxygen atoms in total. The Morgan fingerprint density at radius 3 is 1.68 bits per heavy atom. The maximum absolute atomic E-state index is 15.4. The van der Waals surface area contributed by atoms with E-state index in [-0.39, 0.29) is 128 Å². The van der Waals surface area contributed by atoms with Crippen LogP contribution in [-0.2, 0) is 97.3 Å². The number of carbonyl (C=O) groups is 16. The average Bonchev–Trinajstić information content (AvgIpc) is 1.61. The van der Waals surface area contributed by atoms with Gasteiger partial charge in [0.15, 0.2) is 0 Å². The Morgan fingerprint density at radius 2 is 1.10 bits per heavy atom. The van der Waals surface area contributed by atoms with Crippen LogP contribution >= 0.6 is 0 Å². The van der Waals surface area contributed by atoms with Crippen LogP contribution in [-0.4, -0.2) is 242 Å². The van der Waals surface area contributed by atoms with Crippen molar-refractivity contribution >= 4 is 94.8 Å². The Balaban J connectivity index is 1.23. The van der Waals surface area contributed by atoms with Crippen LogP contribution in [0, 0.1) is 47.3 Å². The summed E-state index contributed by atoms with van der Waals surface area (Å²) >= 11 is 0. The Labute approximate surface area is 782 Å². The number of allylic oxidation sites excluding steroid dienone is 1. The van der Waals surface area contributed by atoms with E-state index in [1.165, 1.54) is 31.7 Å². The number of amides is 15. The number of likely N-dealkylation sites (tertiary alicyclic amines) is 1. The molecule has 3 aromatic rings. The lowest BCUT2D eigenvalue weighted by Crippen LogP contribution is -2.64. The average molecular weight is 1860 g/mol. The van der Waals surface area contributed by atoms with Crippen molar-refractivity contribution < 1.29 is 101 Å². The van der Waals surface area contributed by atoms with E-state index >= 15 is 24.0 Å². The van der Waals surface area contributed by atoms with Crippen LogP contribution in [0.25, 0.3) is 11.1 Å². The number of ether oxygens (including phenoxy) is 4. The molecule has 0 unspecified atom stereocenters. The number of alkyl carbamates (subject to hydrolysis) is 1. The van der Waals surface area contributed by atoms with E-state index in [2.05, 4.69) is 86.6 Å². The maximum Gasteiger partial charge on any atom is 0.407 e. The number of carbonyl (C=O) groups excluding carboxylic acids is 16. The molecule has 0 bridgehead atoms. The molecule has 0 radical (unpaired) electrons. The zero-order chi connectivity index (χ0) is 98.6. The second-order valence-corrected chi connectivity index (χ2v) is 37.0. The first-order valence-corrected chi connectivity index (χ1v) is 47.1. The topological polar surface area (TPSA) is 502 Å². The molecule has 2 fully saturated rings. The molecular formula is C97H147N15O21. The zero-order valence-corrected chi connectivity index (χ0v) is 80.9. The van der Waals surface area contributed by atoms with Gasteiger partial charge in [-0.25, -0.2) is 9.59 Å². The predicted octanol–water partition coefficient (Wildman–Crippen LogP) is 4.96. The monoisotopic (exact) mass is 1860 g/mol. The molecule has 0 aromatic heterocycles. The van der Waals surface area contributed by atoms with E-state index in [1.54, 1.807) is 127 Å². The van der Waals surface area contributed by atoms with Crippen molar-refractivity contribution in [2.45, 2.75) is 293 Å². The van der Waals surface area contributed by atoms with Gasteiger partial charge in [-0.15, -0.1) is 0 Å². The second kappa shape index (κ2) is 54.7. The standard InChI is InChI=1S/C97H147N15O21/c1-20-59(16)80(92(124)111-83-62(19)133-96(128)79(58(14)15)107-84(116)69(22-3)100-86(118)71(51-63-34-24-23-25-35-63)102-88(120)76(55(8)9)104-91(123)81(60(17)21-2)109-94(83)126)108-85(117)70(40-31-44-98-73(114)43-47-130-49-50-131-48-45-99-97(129)132-52-68-66-38-28-26-36-64(66)65-37-27-29-39-67(65)68)101-87(119)72-41-32-46-112(72)95(127)78(57(12)13)106-90(122)77(56(10)11)105-93(125)82(61(18)113)110-89(121)75(54(6)7)103-74(115)42-30-33-53(4)5/h22-29,34-39,53-62,68,70-72,75-83,113H,20-21,30-33,40-52H2,1-19H3,(H,98,114)(H,99,129)(H,100,118)(H,101,119)(H,102,120)(H,103,115)(H,104,123)(H,105,125)(H,106,122)(H,107,116)(H,108,117)(H,109,126)(H,110,121)(H,111,124)/b69-22-/t59-,60-,61-,62+,70+,71+,72-,75-,76-,77+,78-,79+,80-,81-,82+,83-/m1/s1. The summed E-state index contributed by atoms with van der Waals surface area (Å²) in [6, 6.07) is 7.51. The Bertz CT molecular complexity index is 4420. The third-order valence-corrected chi connectivity index (χ3v) is 24.3. The first-order chi connectivity index (χ1) is 63.0. The molecule has 15 N–H and O–H groups in total. The van der Waals surface area contributed by atoms with E-state index in [0.717, 1.165) is 28.7 Å². The van der Waals surface area contributed by atoms with E-state index in [1.807, 2.05) is 50.2 Å². The molecule has 3 aliphatic rings. The van der Waals surface area contributed by atoms with Crippen LogP contribution in [0.3, 0.4) is 0 Å². The number of nitrogens with zero attached hydrogens (tertiary/aromatic N) is 1. The number of esters is 1. The molecule has 736 valence electrons. The van der Waals surface area contributed by atoms with Crippen LogP contribution in [0.1, 0.15) is 218 Å². The lowest BCUT2D eigenvalue weighted by Gasteiger charge is -2.34. The predicted molar refractivity (Wildman–Crippen MR) is 499 cm³/mol. The van der Waals surface area contributed by atoms with Crippen LogP contribution in [0.2, 0.25) is 0 Å². The quantitative estimate of drug-likeness (QED) is 0.0202. The molecule has 2 saturated heterocycles. The minimum Gasteiger partial charge on any atom is -0.458 e. The fourth-order valence-electron chi connectivity index (χ4n) is 15.8. The highest BCUT2D eigenvalue weighted by atomic mass is 16.6. The molecule has 0 saturated carbocycles. The summed E-state index contributed by atoms with van der Waals surface area (Å²) in [4.78, 5) is 232. The number of fused-ring (bicyclic) bond motifs is 3. The lowest BCUT2D eigenvalue weighted by molar-refractivity contribution is -0.157. The Kier molecular flexibility index (Phi) is 45.4. The van der Waals surface area contributed by atoms with Gasteiger partial charge in [0, 0.05) is 44.8 Å². The van der Waals surface area contributed by atoms with E-state index in [4.69, 9.17) is 18.9 Å². The minimum atomic E-state index is -1.90. The summed E-state index contributed by atoms with van der Waals surface area (Å²) in [5, 5.41) is 48.9. The van der Waals surface area contributed by atoms with Crippen LogP contribution in [0.5, 0.6) is 0 Å². The Hall–Kier alpha value is -11.4. The summed E-state index contributed by atoms with van der Waals surface area (Å²) in [5.74, 6) is -16.6. The van der Waals surface area contributed by atoms with Crippen molar-refractivity contribution in [3.63, 3.8) is 0 Å². The maximum atomic E-state index is 15.4. The number of nitrogens with one attached hydrogen (secondary N) is 14. The molecule has 2 aliphatic heterocycles. The van der Waals surface area contributed by atoms with E-state index < -0.39 is 215 Å². The molecule has 2 heterocycles. The van der Waals surface area contributed by atoms with Gasteiger partial charge in [-0.2, -0.15) is 0 Å². The first-order valence-electron chi connectivity index (χ1n) is 47.1. The van der Waals surface area contributed by atoms with Crippen LogP contribution < -0.4 is 74.4 Å². The lowest BCUT2D eigenvalue weighted by atomic mass is 9.95. The molecule has 1 aliphatic carbocycles. The van der Waals surface area contributed by atoms with Gasteiger partial charge in [-0.05, 0) is 128 Å². The summed E-state index contributed by atoms with van der Waals surface area (Å²) in [7, 11) is 0. The van der Waals surface area contributed by atoms with E-state index in [0.29, 0.717) is 17.9 Å². The number of aliphatic hydroxyl groups excluding tert-OH is 1.